The zero-order chi connectivity index (χ0) is 14.8. The van der Waals surface area contributed by atoms with Gasteiger partial charge in [-0.15, -0.1) is 11.3 Å². The van der Waals surface area contributed by atoms with Crippen LogP contribution in [0.2, 0.25) is 5.02 Å². The predicted octanol–water partition coefficient (Wildman–Crippen LogP) is 3.45. The smallest absolute Gasteiger partial charge is 0.346 e. The number of ether oxygens (including phenoxy) is 3. The summed E-state index contributed by atoms with van der Waals surface area (Å²) in [6.45, 7) is 1.24. The molecule has 1 aliphatic heterocycles. The van der Waals surface area contributed by atoms with Crippen LogP contribution in [0.25, 0.3) is 0 Å². The number of fused-ring (bicyclic) bond motifs is 1. The number of hydrogen-bond donors (Lipinski definition) is 1. The first-order chi connectivity index (χ1) is 10.1. The van der Waals surface area contributed by atoms with Gasteiger partial charge in [0.25, 0.3) is 0 Å². The lowest BCUT2D eigenvalue weighted by atomic mass is 10.2. The van der Waals surface area contributed by atoms with Gasteiger partial charge >= 0.3 is 5.97 Å². The minimum absolute atomic E-state index is 0.241. The molecule has 110 valence electrons. The average Bonchev–Trinajstić information content (AvgIpc) is 2.94. The summed E-state index contributed by atoms with van der Waals surface area (Å²) in [5.41, 5.74) is 0.826. The average molecular weight is 327 g/mol. The molecule has 2 aromatic rings. The van der Waals surface area contributed by atoms with Crippen LogP contribution in [-0.2, 0) is 6.61 Å². The van der Waals surface area contributed by atoms with Gasteiger partial charge in [0.15, 0.2) is 11.5 Å². The number of carboxylic acid groups (broad SMARTS) is 1. The Kier molecular flexibility index (Phi) is 3.90. The fraction of sp³-hybridized carbons (Fsp3) is 0.214. The normalized spacial score (nSPS) is 13.0. The highest BCUT2D eigenvalue weighted by Gasteiger charge is 2.17. The molecule has 0 radical (unpaired) electrons. The van der Waals surface area contributed by atoms with Crippen molar-refractivity contribution in [3.63, 3.8) is 0 Å². The van der Waals surface area contributed by atoms with E-state index in [0.717, 1.165) is 16.9 Å². The second kappa shape index (κ2) is 5.83. The molecular formula is C14H11ClO5S. The topological polar surface area (TPSA) is 65.0 Å². The van der Waals surface area contributed by atoms with Crippen LogP contribution in [0.1, 0.15) is 15.2 Å². The van der Waals surface area contributed by atoms with E-state index in [9.17, 15) is 4.79 Å². The number of rotatable bonds is 4. The summed E-state index contributed by atoms with van der Waals surface area (Å²) in [7, 11) is 0. The van der Waals surface area contributed by atoms with E-state index in [1.807, 2.05) is 6.07 Å². The number of carbonyl (C=O) groups is 1. The van der Waals surface area contributed by atoms with E-state index in [-0.39, 0.29) is 11.5 Å². The molecule has 5 nitrogen and oxygen atoms in total. The Labute approximate surface area is 129 Å². The molecule has 7 heteroatoms. The Bertz CT molecular complexity index is 682. The first-order valence-electron chi connectivity index (χ1n) is 6.16. The van der Waals surface area contributed by atoms with Crippen molar-refractivity contribution in [3.05, 3.63) is 39.0 Å². The molecule has 3 rings (SSSR count). The molecule has 0 saturated heterocycles. The van der Waals surface area contributed by atoms with E-state index in [4.69, 9.17) is 30.9 Å². The van der Waals surface area contributed by atoms with Crippen LogP contribution in [0.4, 0.5) is 0 Å². The lowest BCUT2D eigenvalue weighted by Crippen LogP contribution is -2.16. The van der Waals surface area contributed by atoms with Crippen LogP contribution in [0.3, 0.4) is 0 Å². The fourth-order valence-electron chi connectivity index (χ4n) is 1.92. The zero-order valence-corrected chi connectivity index (χ0v) is 12.4. The summed E-state index contributed by atoms with van der Waals surface area (Å²) in [6.07, 6.45) is 0. The lowest BCUT2D eigenvalue weighted by Gasteiger charge is -2.20. The van der Waals surface area contributed by atoms with Crippen molar-refractivity contribution in [1.82, 2.24) is 0 Å². The maximum absolute atomic E-state index is 10.8. The van der Waals surface area contributed by atoms with Gasteiger partial charge < -0.3 is 19.3 Å². The van der Waals surface area contributed by atoms with Gasteiger partial charge in [0.1, 0.15) is 30.4 Å². The van der Waals surface area contributed by atoms with E-state index < -0.39 is 5.97 Å². The van der Waals surface area contributed by atoms with Crippen LogP contribution < -0.4 is 14.2 Å². The van der Waals surface area contributed by atoms with Crippen molar-refractivity contribution in [2.45, 2.75) is 6.61 Å². The first kappa shape index (κ1) is 14.0. The van der Waals surface area contributed by atoms with Gasteiger partial charge in [0.2, 0.25) is 0 Å². The molecule has 0 amide bonds. The van der Waals surface area contributed by atoms with Crippen LogP contribution in [0.5, 0.6) is 17.2 Å². The van der Waals surface area contributed by atoms with Gasteiger partial charge in [0.05, 0.1) is 5.02 Å². The second-order valence-electron chi connectivity index (χ2n) is 4.34. The Morgan fingerprint density at radius 1 is 1.33 bits per heavy atom. The fourth-order valence-corrected chi connectivity index (χ4v) is 2.87. The lowest BCUT2D eigenvalue weighted by molar-refractivity contribution is 0.0702. The highest BCUT2D eigenvalue weighted by molar-refractivity contribution is 7.12. The van der Waals surface area contributed by atoms with Crippen molar-refractivity contribution < 1.29 is 24.1 Å². The van der Waals surface area contributed by atoms with Crippen LogP contribution in [0, 0.1) is 0 Å². The van der Waals surface area contributed by atoms with Gasteiger partial charge in [-0.25, -0.2) is 4.79 Å². The summed E-state index contributed by atoms with van der Waals surface area (Å²) < 4.78 is 16.5. The quantitative estimate of drug-likeness (QED) is 0.932. The molecule has 0 aliphatic carbocycles. The van der Waals surface area contributed by atoms with Gasteiger partial charge in [0, 0.05) is 11.4 Å². The van der Waals surface area contributed by atoms with Crippen molar-refractivity contribution >= 4 is 28.9 Å². The third-order valence-corrected chi connectivity index (χ3v) is 4.03. The Morgan fingerprint density at radius 2 is 2.14 bits per heavy atom. The molecule has 0 spiro atoms. The molecule has 0 unspecified atom stereocenters. The third kappa shape index (κ3) is 3.06. The Balaban J connectivity index is 1.72. The summed E-state index contributed by atoms with van der Waals surface area (Å²) in [6, 6.07) is 5.05. The molecule has 0 atom stereocenters. The molecule has 21 heavy (non-hydrogen) atoms. The number of thiophene rings is 1. The highest BCUT2D eigenvalue weighted by atomic mass is 35.5. The van der Waals surface area contributed by atoms with Crippen molar-refractivity contribution in [2.24, 2.45) is 0 Å². The largest absolute Gasteiger partial charge is 0.488 e. The van der Waals surface area contributed by atoms with E-state index in [1.165, 1.54) is 6.07 Å². The molecule has 1 aromatic heterocycles. The van der Waals surface area contributed by atoms with E-state index in [0.29, 0.717) is 35.5 Å². The van der Waals surface area contributed by atoms with E-state index in [2.05, 4.69) is 0 Å². The maximum atomic E-state index is 10.8. The Morgan fingerprint density at radius 3 is 2.90 bits per heavy atom. The molecule has 1 aromatic carbocycles. The van der Waals surface area contributed by atoms with Crippen LogP contribution in [-0.4, -0.2) is 24.3 Å². The molecule has 0 bridgehead atoms. The van der Waals surface area contributed by atoms with Gasteiger partial charge in [-0.1, -0.05) is 11.6 Å². The van der Waals surface area contributed by atoms with E-state index in [1.54, 1.807) is 11.4 Å². The Hall–Kier alpha value is -1.92. The summed E-state index contributed by atoms with van der Waals surface area (Å²) in [4.78, 5) is 11.0. The van der Waals surface area contributed by atoms with Crippen LogP contribution in [0.15, 0.2) is 23.6 Å². The van der Waals surface area contributed by atoms with Crippen molar-refractivity contribution in [2.75, 3.05) is 13.2 Å². The molecule has 1 aliphatic rings. The molecular weight excluding hydrogens is 316 g/mol. The number of hydrogen-bond acceptors (Lipinski definition) is 5. The number of benzene rings is 1. The van der Waals surface area contributed by atoms with Gasteiger partial charge in [-0.05, 0) is 17.7 Å². The monoisotopic (exact) mass is 326 g/mol. The standard InChI is InChI=1S/C14H11ClO5S/c15-10-3-8(4-11-13(10)19-2-1-18-11)6-20-9-5-12(14(16)17)21-7-9/h3-5,7H,1-2,6H2,(H,16,17). The van der Waals surface area contributed by atoms with Gasteiger partial charge in [-0.2, -0.15) is 0 Å². The number of carboxylic acids is 1. The minimum Gasteiger partial charge on any atom is -0.488 e. The predicted molar refractivity (Wildman–Crippen MR) is 78.1 cm³/mol. The van der Waals surface area contributed by atoms with E-state index >= 15 is 0 Å². The third-order valence-electron chi connectivity index (χ3n) is 2.85. The summed E-state index contributed by atoms with van der Waals surface area (Å²) in [5, 5.41) is 11.0. The first-order valence-corrected chi connectivity index (χ1v) is 7.42. The molecule has 2 heterocycles. The minimum atomic E-state index is -0.961. The highest BCUT2D eigenvalue weighted by Crippen LogP contribution is 2.38. The summed E-state index contributed by atoms with van der Waals surface area (Å²) in [5.74, 6) is 0.708. The summed E-state index contributed by atoms with van der Waals surface area (Å²) >= 11 is 7.26. The molecule has 1 N–H and O–H groups in total. The zero-order valence-electron chi connectivity index (χ0n) is 10.8. The molecule has 0 fully saturated rings. The second-order valence-corrected chi connectivity index (χ2v) is 5.66. The number of halogens is 1. The SMILES string of the molecule is O=C(O)c1cc(OCc2cc(Cl)c3c(c2)OCCO3)cs1. The van der Waals surface area contributed by atoms with Crippen LogP contribution >= 0.6 is 22.9 Å². The van der Waals surface area contributed by atoms with Gasteiger partial charge in [-0.3, -0.25) is 0 Å². The van der Waals surface area contributed by atoms with Crippen molar-refractivity contribution in [3.8, 4) is 17.2 Å². The maximum Gasteiger partial charge on any atom is 0.346 e. The van der Waals surface area contributed by atoms with Crippen molar-refractivity contribution in [1.29, 1.82) is 0 Å². The molecule has 0 saturated carbocycles. The number of aromatic carboxylic acids is 1.